The van der Waals surface area contributed by atoms with Gasteiger partial charge in [0.05, 0.1) is 11.3 Å². The van der Waals surface area contributed by atoms with Crippen LogP contribution in [0.2, 0.25) is 0 Å². The van der Waals surface area contributed by atoms with Crippen LogP contribution in [0.15, 0.2) is 33.2 Å². The predicted molar refractivity (Wildman–Crippen MR) is 109 cm³/mol. The number of anilines is 2. The van der Waals surface area contributed by atoms with Crippen LogP contribution in [0, 0.1) is 17.0 Å². The van der Waals surface area contributed by atoms with Crippen LogP contribution in [-0.4, -0.2) is 26.7 Å². The lowest BCUT2D eigenvalue weighted by Crippen LogP contribution is -2.37. The Morgan fingerprint density at radius 1 is 1.43 bits per heavy atom. The van der Waals surface area contributed by atoms with Gasteiger partial charge in [0.1, 0.15) is 17.5 Å². The van der Waals surface area contributed by atoms with Gasteiger partial charge in [0.25, 0.3) is 5.56 Å². The number of hydrogen-bond donors (Lipinski definition) is 4. The maximum absolute atomic E-state index is 13.9. The molecule has 156 valence electrons. The third kappa shape index (κ3) is 4.17. The number of aromatic nitrogens is 3. The van der Waals surface area contributed by atoms with Crippen LogP contribution in [-0.2, 0) is 11.8 Å². The molecular formula is C18H16F2N6O3S. The standard InChI is InChI=1S/C18H16F2N6O3S/c1-26-16(28)14(15(22)25-18(26)29)8(6-21)4-13(27)24-17-23-12(7-30-17)10-3-2-9(19)5-11(10)20/h2-3,5-8,21H,4,22H2,1H3,(H,25,29)(H,23,24,27). The van der Waals surface area contributed by atoms with E-state index in [1.54, 1.807) is 0 Å². The Hall–Kier alpha value is -3.67. The summed E-state index contributed by atoms with van der Waals surface area (Å²) in [5.41, 5.74) is 4.52. The number of hydrogen-bond acceptors (Lipinski definition) is 7. The molecule has 3 aromatic rings. The summed E-state index contributed by atoms with van der Waals surface area (Å²) in [6.45, 7) is 0. The Morgan fingerprint density at radius 3 is 2.83 bits per heavy atom. The van der Waals surface area contributed by atoms with Crippen LogP contribution in [0.25, 0.3) is 11.3 Å². The van der Waals surface area contributed by atoms with Gasteiger partial charge in [-0.15, -0.1) is 11.3 Å². The van der Waals surface area contributed by atoms with Crippen molar-refractivity contribution in [1.82, 2.24) is 14.5 Å². The van der Waals surface area contributed by atoms with Crippen molar-refractivity contribution in [2.45, 2.75) is 12.3 Å². The summed E-state index contributed by atoms with van der Waals surface area (Å²) in [5, 5.41) is 11.7. The number of H-pyrrole nitrogens is 1. The summed E-state index contributed by atoms with van der Waals surface area (Å²) in [6, 6.07) is 3.07. The topological polar surface area (TPSA) is 147 Å². The van der Waals surface area contributed by atoms with E-state index in [0.717, 1.165) is 34.3 Å². The van der Waals surface area contributed by atoms with Gasteiger partial charge in [0.2, 0.25) is 5.91 Å². The minimum atomic E-state index is -0.977. The van der Waals surface area contributed by atoms with Crippen molar-refractivity contribution in [3.63, 3.8) is 0 Å². The molecule has 0 aliphatic rings. The van der Waals surface area contributed by atoms with Crippen molar-refractivity contribution in [2.24, 2.45) is 7.05 Å². The quantitative estimate of drug-likeness (QED) is 0.437. The predicted octanol–water partition coefficient (Wildman–Crippen LogP) is 1.82. The zero-order valence-electron chi connectivity index (χ0n) is 15.5. The molecule has 1 atom stereocenters. The molecule has 0 bridgehead atoms. The van der Waals surface area contributed by atoms with Gasteiger partial charge in [-0.2, -0.15) is 0 Å². The summed E-state index contributed by atoms with van der Waals surface area (Å²) in [5.74, 6) is -3.27. The number of nitrogens with one attached hydrogen (secondary N) is 3. The van der Waals surface area contributed by atoms with Gasteiger partial charge in [0, 0.05) is 42.6 Å². The second-order valence-corrected chi connectivity index (χ2v) is 7.17. The molecule has 0 saturated carbocycles. The minimum absolute atomic E-state index is 0.0736. The Morgan fingerprint density at radius 2 is 2.17 bits per heavy atom. The van der Waals surface area contributed by atoms with E-state index in [9.17, 15) is 23.2 Å². The number of aromatic amines is 1. The molecule has 0 aliphatic heterocycles. The van der Waals surface area contributed by atoms with Crippen molar-refractivity contribution < 1.29 is 13.6 Å². The molecule has 0 aliphatic carbocycles. The van der Waals surface area contributed by atoms with Crippen LogP contribution < -0.4 is 22.3 Å². The van der Waals surface area contributed by atoms with E-state index in [4.69, 9.17) is 11.1 Å². The highest BCUT2D eigenvalue weighted by Crippen LogP contribution is 2.28. The second kappa shape index (κ2) is 8.37. The molecule has 30 heavy (non-hydrogen) atoms. The fourth-order valence-electron chi connectivity index (χ4n) is 2.78. The maximum atomic E-state index is 13.9. The zero-order valence-corrected chi connectivity index (χ0v) is 16.3. The lowest BCUT2D eigenvalue weighted by molar-refractivity contribution is -0.116. The Balaban J connectivity index is 1.78. The fourth-order valence-corrected chi connectivity index (χ4v) is 3.51. The second-order valence-electron chi connectivity index (χ2n) is 6.31. The Bertz CT molecular complexity index is 1250. The van der Waals surface area contributed by atoms with Gasteiger partial charge in [-0.05, 0) is 12.1 Å². The largest absolute Gasteiger partial charge is 0.385 e. The smallest absolute Gasteiger partial charge is 0.329 e. The summed E-state index contributed by atoms with van der Waals surface area (Å²) < 4.78 is 27.7. The van der Waals surface area contributed by atoms with Crippen LogP contribution in [0.3, 0.4) is 0 Å². The molecule has 12 heteroatoms. The zero-order chi connectivity index (χ0) is 22.0. The third-order valence-corrected chi connectivity index (χ3v) is 5.06. The third-order valence-electron chi connectivity index (χ3n) is 4.31. The number of nitrogens with zero attached hydrogens (tertiary/aromatic N) is 2. The number of carbonyl (C=O) groups is 1. The average molecular weight is 434 g/mol. The van der Waals surface area contributed by atoms with Crippen molar-refractivity contribution in [2.75, 3.05) is 11.1 Å². The molecule has 5 N–H and O–H groups in total. The number of nitrogen functional groups attached to an aromatic ring is 1. The summed E-state index contributed by atoms with van der Waals surface area (Å²) in [6.07, 6.45) is 0.570. The van der Waals surface area contributed by atoms with E-state index in [1.807, 2.05) is 0 Å². The molecule has 3 rings (SSSR count). The lowest BCUT2D eigenvalue weighted by Gasteiger charge is -2.13. The summed E-state index contributed by atoms with van der Waals surface area (Å²) in [7, 11) is 1.25. The first kappa shape index (κ1) is 21.0. The molecule has 0 saturated heterocycles. The Kier molecular flexibility index (Phi) is 5.87. The molecule has 0 spiro atoms. The van der Waals surface area contributed by atoms with E-state index in [-0.39, 0.29) is 34.2 Å². The van der Waals surface area contributed by atoms with Crippen LogP contribution in [0.4, 0.5) is 19.7 Å². The maximum Gasteiger partial charge on any atom is 0.329 e. The van der Waals surface area contributed by atoms with Crippen molar-refractivity contribution in [1.29, 1.82) is 5.41 Å². The van der Waals surface area contributed by atoms with Crippen molar-refractivity contribution in [3.8, 4) is 11.3 Å². The fraction of sp³-hybridized carbons (Fsp3) is 0.167. The van der Waals surface area contributed by atoms with Crippen LogP contribution in [0.5, 0.6) is 0 Å². The molecule has 0 fully saturated rings. The van der Waals surface area contributed by atoms with Gasteiger partial charge in [0.15, 0.2) is 5.13 Å². The number of halogens is 2. The van der Waals surface area contributed by atoms with Gasteiger partial charge < -0.3 is 16.5 Å². The monoisotopic (exact) mass is 434 g/mol. The van der Waals surface area contributed by atoms with Gasteiger partial charge >= 0.3 is 5.69 Å². The van der Waals surface area contributed by atoms with E-state index < -0.39 is 34.7 Å². The van der Waals surface area contributed by atoms with Gasteiger partial charge in [-0.1, -0.05) is 0 Å². The van der Waals surface area contributed by atoms with Crippen LogP contribution in [0.1, 0.15) is 17.9 Å². The van der Waals surface area contributed by atoms with E-state index in [2.05, 4.69) is 15.3 Å². The molecule has 0 radical (unpaired) electrons. The number of benzene rings is 1. The molecule has 9 nitrogen and oxygen atoms in total. The first-order valence-electron chi connectivity index (χ1n) is 8.51. The van der Waals surface area contributed by atoms with E-state index in [0.29, 0.717) is 0 Å². The van der Waals surface area contributed by atoms with E-state index >= 15 is 0 Å². The SMILES string of the molecule is Cn1c(=O)[nH]c(N)c(C(C=N)CC(=O)Nc2nc(-c3ccc(F)cc3F)cs2)c1=O. The minimum Gasteiger partial charge on any atom is -0.385 e. The van der Waals surface area contributed by atoms with Gasteiger partial charge in [-0.3, -0.25) is 19.1 Å². The molecule has 1 amide bonds. The molecule has 2 heterocycles. The number of rotatable bonds is 6. The highest BCUT2D eigenvalue weighted by atomic mass is 32.1. The number of amides is 1. The first-order valence-corrected chi connectivity index (χ1v) is 9.39. The average Bonchev–Trinajstić information content (AvgIpc) is 3.13. The van der Waals surface area contributed by atoms with Crippen molar-refractivity contribution >= 4 is 34.4 Å². The molecule has 1 aromatic carbocycles. The highest BCUT2D eigenvalue weighted by Gasteiger charge is 2.22. The highest BCUT2D eigenvalue weighted by molar-refractivity contribution is 7.14. The van der Waals surface area contributed by atoms with E-state index in [1.165, 1.54) is 18.5 Å². The number of thiazole rings is 1. The lowest BCUT2D eigenvalue weighted by atomic mass is 9.98. The summed E-state index contributed by atoms with van der Waals surface area (Å²) in [4.78, 5) is 42.7. The number of carbonyl (C=O) groups excluding carboxylic acids is 1. The normalized spacial score (nSPS) is 11.8. The molecular weight excluding hydrogens is 418 g/mol. The van der Waals surface area contributed by atoms with Crippen molar-refractivity contribution in [3.05, 3.63) is 61.6 Å². The molecule has 2 aromatic heterocycles. The van der Waals surface area contributed by atoms with Gasteiger partial charge in [-0.25, -0.2) is 18.6 Å². The van der Waals surface area contributed by atoms with Crippen LogP contribution >= 0.6 is 11.3 Å². The number of nitrogens with two attached hydrogens (primary N) is 1. The molecule has 1 unspecified atom stereocenters. The Labute approximate surface area is 171 Å². The first-order chi connectivity index (χ1) is 14.2. The summed E-state index contributed by atoms with van der Waals surface area (Å²) >= 11 is 1.03.